The van der Waals surface area contributed by atoms with Crippen LogP contribution in [0.25, 0.3) is 0 Å². The van der Waals surface area contributed by atoms with E-state index in [2.05, 4.69) is 14.9 Å². The fraction of sp³-hybridized carbons (Fsp3) is 0.476. The van der Waals surface area contributed by atoms with Crippen molar-refractivity contribution in [3.05, 3.63) is 54.0 Å². The molecule has 142 valence electrons. The van der Waals surface area contributed by atoms with Crippen molar-refractivity contribution >= 4 is 11.7 Å². The Morgan fingerprint density at radius 3 is 2.85 bits per heavy atom. The van der Waals surface area contributed by atoms with E-state index in [9.17, 15) is 9.90 Å². The number of anilines is 1. The molecule has 1 amide bonds. The third-order valence-corrected chi connectivity index (χ3v) is 5.81. The Kier molecular flexibility index (Phi) is 5.07. The number of nitrogens with zero attached hydrogens (tertiary/aromatic N) is 4. The van der Waals surface area contributed by atoms with Crippen LogP contribution in [0.15, 0.2) is 42.7 Å². The van der Waals surface area contributed by atoms with Gasteiger partial charge in [-0.3, -0.25) is 9.78 Å². The predicted octanol–water partition coefficient (Wildman–Crippen LogP) is 2.38. The van der Waals surface area contributed by atoms with Crippen molar-refractivity contribution in [1.29, 1.82) is 0 Å². The number of likely N-dealkylation sites (tertiary alicyclic amines) is 1. The molecule has 6 nitrogen and oxygen atoms in total. The predicted molar refractivity (Wildman–Crippen MR) is 103 cm³/mol. The zero-order chi connectivity index (χ0) is 18.7. The van der Waals surface area contributed by atoms with Crippen molar-refractivity contribution < 1.29 is 9.90 Å². The number of amides is 1. The first-order valence-corrected chi connectivity index (χ1v) is 9.66. The Bertz CT molecular complexity index is 798. The van der Waals surface area contributed by atoms with Gasteiger partial charge in [0.25, 0.3) is 0 Å². The maximum atomic E-state index is 12.5. The van der Waals surface area contributed by atoms with Gasteiger partial charge in [-0.15, -0.1) is 0 Å². The molecule has 0 aliphatic carbocycles. The number of pyridine rings is 2. The minimum Gasteiger partial charge on any atom is -0.392 e. The van der Waals surface area contributed by atoms with Crippen molar-refractivity contribution in [3.63, 3.8) is 0 Å². The summed E-state index contributed by atoms with van der Waals surface area (Å²) in [7, 11) is 0. The number of rotatable bonds is 4. The van der Waals surface area contributed by atoms with E-state index in [-0.39, 0.29) is 17.9 Å². The third-order valence-electron chi connectivity index (χ3n) is 5.81. The first-order valence-electron chi connectivity index (χ1n) is 9.66. The lowest BCUT2D eigenvalue weighted by Gasteiger charge is -2.48. The first-order chi connectivity index (χ1) is 13.2. The van der Waals surface area contributed by atoms with Crippen LogP contribution in [0.3, 0.4) is 0 Å². The molecule has 1 atom stereocenters. The number of aliphatic hydroxyl groups is 1. The van der Waals surface area contributed by atoms with Gasteiger partial charge in [0.1, 0.15) is 5.82 Å². The summed E-state index contributed by atoms with van der Waals surface area (Å²) in [5, 5.41) is 9.41. The molecule has 2 aromatic heterocycles. The number of piperidine rings is 2. The van der Waals surface area contributed by atoms with Crippen LogP contribution in [0, 0.1) is 5.41 Å². The Morgan fingerprint density at radius 2 is 2.04 bits per heavy atom. The zero-order valence-corrected chi connectivity index (χ0v) is 15.5. The van der Waals surface area contributed by atoms with Gasteiger partial charge in [-0.1, -0.05) is 6.07 Å². The Balaban J connectivity index is 1.50. The molecular weight excluding hydrogens is 340 g/mol. The highest BCUT2D eigenvalue weighted by atomic mass is 16.3. The van der Waals surface area contributed by atoms with Gasteiger partial charge in [-0.2, -0.15) is 0 Å². The molecule has 4 heterocycles. The summed E-state index contributed by atoms with van der Waals surface area (Å²) < 4.78 is 0. The summed E-state index contributed by atoms with van der Waals surface area (Å²) in [6.45, 7) is 3.26. The van der Waals surface area contributed by atoms with Gasteiger partial charge in [0, 0.05) is 43.9 Å². The molecule has 2 aromatic rings. The molecule has 1 N–H and O–H groups in total. The monoisotopic (exact) mass is 366 g/mol. The summed E-state index contributed by atoms with van der Waals surface area (Å²) in [4.78, 5) is 25.7. The van der Waals surface area contributed by atoms with Crippen LogP contribution in [0.1, 0.15) is 36.9 Å². The molecule has 2 aliphatic heterocycles. The molecule has 2 aliphatic rings. The number of carbonyl (C=O) groups is 1. The normalized spacial score (nSPS) is 23.1. The maximum absolute atomic E-state index is 12.5. The topological polar surface area (TPSA) is 69.6 Å². The second-order valence-electron chi connectivity index (χ2n) is 7.78. The number of hydrogen-bond acceptors (Lipinski definition) is 5. The first kappa shape index (κ1) is 17.9. The summed E-state index contributed by atoms with van der Waals surface area (Å²) in [5.41, 5.74) is 1.93. The van der Waals surface area contributed by atoms with E-state index >= 15 is 0 Å². The van der Waals surface area contributed by atoms with E-state index in [0.717, 1.165) is 56.0 Å². The van der Waals surface area contributed by atoms with E-state index < -0.39 is 0 Å². The van der Waals surface area contributed by atoms with Crippen molar-refractivity contribution in [3.8, 4) is 0 Å². The largest absolute Gasteiger partial charge is 0.392 e. The molecule has 2 fully saturated rings. The summed E-state index contributed by atoms with van der Waals surface area (Å²) in [6, 6.07) is 9.66. The lowest BCUT2D eigenvalue weighted by Crippen LogP contribution is -2.54. The van der Waals surface area contributed by atoms with Crippen molar-refractivity contribution in [2.24, 2.45) is 5.41 Å². The molecule has 6 heteroatoms. The van der Waals surface area contributed by atoms with E-state index in [1.165, 1.54) is 0 Å². The average Bonchev–Trinajstić information content (AvgIpc) is 2.72. The fourth-order valence-electron chi connectivity index (χ4n) is 4.40. The number of hydrogen-bond donors (Lipinski definition) is 1. The molecule has 0 radical (unpaired) electrons. The summed E-state index contributed by atoms with van der Waals surface area (Å²) in [5.74, 6) is 1.15. The van der Waals surface area contributed by atoms with Crippen LogP contribution in [0.5, 0.6) is 0 Å². The van der Waals surface area contributed by atoms with Gasteiger partial charge in [0.05, 0.1) is 18.8 Å². The highest BCUT2D eigenvalue weighted by molar-refractivity contribution is 5.77. The number of aromatic nitrogens is 2. The van der Waals surface area contributed by atoms with Crippen LogP contribution < -0.4 is 4.90 Å². The molecule has 2 saturated heterocycles. The summed E-state index contributed by atoms with van der Waals surface area (Å²) >= 11 is 0. The lowest BCUT2D eigenvalue weighted by molar-refractivity contribution is -0.138. The molecule has 1 spiro atoms. The lowest BCUT2D eigenvalue weighted by atomic mass is 9.73. The average molecular weight is 366 g/mol. The number of aliphatic hydroxyl groups excluding tert-OH is 1. The molecule has 27 heavy (non-hydrogen) atoms. The third kappa shape index (κ3) is 3.95. The molecule has 4 rings (SSSR count). The van der Waals surface area contributed by atoms with Crippen LogP contribution in [0.4, 0.5) is 5.82 Å². The van der Waals surface area contributed by atoms with Gasteiger partial charge in [0.15, 0.2) is 0 Å². The number of carbonyl (C=O) groups excluding carboxylic acids is 1. The molecule has 0 saturated carbocycles. The van der Waals surface area contributed by atoms with Crippen LogP contribution in [-0.2, 0) is 17.9 Å². The Morgan fingerprint density at radius 1 is 1.11 bits per heavy atom. The van der Waals surface area contributed by atoms with Gasteiger partial charge in [-0.05, 0) is 49.1 Å². The van der Waals surface area contributed by atoms with E-state index in [1.54, 1.807) is 12.4 Å². The SMILES string of the molecule is O=C1CCC2(CCCN(c3cc(CO)ccn3)C2)CN1Cc1ccccn1. The second kappa shape index (κ2) is 7.64. The Labute approximate surface area is 159 Å². The van der Waals surface area contributed by atoms with Crippen molar-refractivity contribution in [1.82, 2.24) is 14.9 Å². The molecular formula is C21H26N4O2. The Hall–Kier alpha value is -2.47. The minimum absolute atomic E-state index is 0.0286. The smallest absolute Gasteiger partial charge is 0.222 e. The molecule has 1 unspecified atom stereocenters. The van der Waals surface area contributed by atoms with Gasteiger partial charge in [0.2, 0.25) is 5.91 Å². The summed E-state index contributed by atoms with van der Waals surface area (Å²) in [6.07, 6.45) is 7.30. The molecule has 0 bridgehead atoms. The quantitative estimate of drug-likeness (QED) is 0.900. The van der Waals surface area contributed by atoms with Crippen molar-refractivity contribution in [2.45, 2.75) is 38.8 Å². The highest BCUT2D eigenvalue weighted by Crippen LogP contribution is 2.40. The van der Waals surface area contributed by atoms with Gasteiger partial charge in [-0.25, -0.2) is 4.98 Å². The van der Waals surface area contributed by atoms with Crippen LogP contribution in [-0.4, -0.2) is 45.5 Å². The van der Waals surface area contributed by atoms with E-state index in [1.807, 2.05) is 35.2 Å². The van der Waals surface area contributed by atoms with Gasteiger partial charge >= 0.3 is 0 Å². The van der Waals surface area contributed by atoms with Gasteiger partial charge < -0.3 is 14.9 Å². The van der Waals surface area contributed by atoms with Crippen LogP contribution in [0.2, 0.25) is 0 Å². The second-order valence-corrected chi connectivity index (χ2v) is 7.78. The fourth-order valence-corrected chi connectivity index (χ4v) is 4.40. The molecule has 0 aromatic carbocycles. The standard InChI is InChI=1S/C21H26N4O2/c26-14-17-6-10-23-19(12-17)24-11-3-7-21(15-24)8-5-20(27)25(16-21)13-18-4-1-2-9-22-18/h1-2,4,6,9-10,12,26H,3,5,7-8,11,13-16H2. The minimum atomic E-state index is 0.0286. The van der Waals surface area contributed by atoms with E-state index in [4.69, 9.17) is 0 Å². The zero-order valence-electron chi connectivity index (χ0n) is 15.5. The maximum Gasteiger partial charge on any atom is 0.222 e. The van der Waals surface area contributed by atoms with Crippen LogP contribution >= 0.6 is 0 Å². The van der Waals surface area contributed by atoms with E-state index in [0.29, 0.717) is 13.0 Å². The highest BCUT2D eigenvalue weighted by Gasteiger charge is 2.42. The van der Waals surface area contributed by atoms with Crippen molar-refractivity contribution in [2.75, 3.05) is 24.5 Å².